The summed E-state index contributed by atoms with van der Waals surface area (Å²) in [5, 5.41) is 1.10. The maximum Gasteiger partial charge on any atom is 0.153 e. The number of ether oxygens (including phenoxy) is 1. The van der Waals surface area contributed by atoms with E-state index in [2.05, 4.69) is 25.8 Å². The van der Waals surface area contributed by atoms with Crippen LogP contribution >= 0.6 is 11.6 Å². The number of rotatable bonds is 4. The summed E-state index contributed by atoms with van der Waals surface area (Å²) in [6, 6.07) is 7.35. The van der Waals surface area contributed by atoms with E-state index in [4.69, 9.17) is 16.3 Å². The first-order chi connectivity index (χ1) is 9.39. The average Bonchev–Trinajstić information content (AvgIpc) is 2.36. The van der Waals surface area contributed by atoms with Gasteiger partial charge in [0.05, 0.1) is 17.7 Å². The number of halogens is 1. The van der Waals surface area contributed by atoms with E-state index < -0.39 is 0 Å². The van der Waals surface area contributed by atoms with E-state index in [0.717, 1.165) is 23.1 Å². The largest absolute Gasteiger partial charge is 0.493 e. The van der Waals surface area contributed by atoms with Crippen LogP contribution < -0.4 is 4.74 Å². The van der Waals surface area contributed by atoms with Gasteiger partial charge in [-0.2, -0.15) is 0 Å². The van der Waals surface area contributed by atoms with Crippen LogP contribution in [0.15, 0.2) is 24.3 Å². The highest BCUT2D eigenvalue weighted by Gasteiger charge is 2.10. The van der Waals surface area contributed by atoms with Gasteiger partial charge >= 0.3 is 0 Å². The molecule has 2 aromatic rings. The van der Waals surface area contributed by atoms with Crippen molar-refractivity contribution in [3.63, 3.8) is 0 Å². The van der Waals surface area contributed by atoms with Gasteiger partial charge in [-0.3, -0.25) is 4.79 Å². The van der Waals surface area contributed by atoms with Crippen molar-refractivity contribution in [1.82, 2.24) is 4.98 Å². The zero-order valence-electron chi connectivity index (χ0n) is 11.9. The zero-order chi connectivity index (χ0) is 14.8. The molecule has 0 N–H and O–H groups in total. The molecule has 0 radical (unpaired) electrons. The first-order valence-corrected chi connectivity index (χ1v) is 6.95. The van der Waals surface area contributed by atoms with Gasteiger partial charge in [-0.25, -0.2) is 4.98 Å². The molecular weight excluding hydrogens is 274 g/mol. The fraction of sp³-hybridized carbons (Fsp3) is 0.375. The number of aromatic nitrogens is 1. The standard InChI is InChI=1S/C16H18ClNO2/c1-16(2,3)6-7-20-13-5-4-11-8-12(10-19)15(17)18-14(11)9-13/h4-5,8-10H,6-7H2,1-3H3. The molecule has 0 fully saturated rings. The van der Waals surface area contributed by atoms with Crippen molar-refractivity contribution in [2.75, 3.05) is 6.61 Å². The third kappa shape index (κ3) is 3.70. The number of hydrogen-bond acceptors (Lipinski definition) is 3. The Morgan fingerprint density at radius 3 is 2.70 bits per heavy atom. The van der Waals surface area contributed by atoms with Crippen LogP contribution in [-0.2, 0) is 0 Å². The second-order valence-corrected chi connectivity index (χ2v) is 6.36. The Labute approximate surface area is 123 Å². The maximum absolute atomic E-state index is 10.8. The fourth-order valence-electron chi connectivity index (χ4n) is 1.79. The highest BCUT2D eigenvalue weighted by molar-refractivity contribution is 6.32. The molecule has 0 aliphatic carbocycles. The summed E-state index contributed by atoms with van der Waals surface area (Å²) in [4.78, 5) is 15.0. The lowest BCUT2D eigenvalue weighted by atomic mass is 9.93. The monoisotopic (exact) mass is 291 g/mol. The van der Waals surface area contributed by atoms with Crippen molar-refractivity contribution in [3.8, 4) is 5.75 Å². The van der Waals surface area contributed by atoms with Crippen molar-refractivity contribution in [3.05, 3.63) is 35.0 Å². The predicted molar refractivity (Wildman–Crippen MR) is 81.7 cm³/mol. The molecule has 0 amide bonds. The number of aldehydes is 1. The summed E-state index contributed by atoms with van der Waals surface area (Å²) >= 11 is 5.94. The van der Waals surface area contributed by atoms with Gasteiger partial charge in [0, 0.05) is 11.5 Å². The van der Waals surface area contributed by atoms with Crippen molar-refractivity contribution >= 4 is 28.8 Å². The fourth-order valence-corrected chi connectivity index (χ4v) is 1.98. The predicted octanol–water partition coefficient (Wildman–Crippen LogP) is 4.52. The molecule has 0 saturated heterocycles. The van der Waals surface area contributed by atoms with Gasteiger partial charge in [0.1, 0.15) is 10.9 Å². The number of nitrogens with zero attached hydrogens (tertiary/aromatic N) is 1. The third-order valence-electron chi connectivity index (χ3n) is 3.02. The summed E-state index contributed by atoms with van der Waals surface area (Å²) in [6.45, 7) is 7.20. The van der Waals surface area contributed by atoms with Gasteiger partial charge in [-0.05, 0) is 30.0 Å². The number of pyridine rings is 1. The Morgan fingerprint density at radius 2 is 2.05 bits per heavy atom. The van der Waals surface area contributed by atoms with Crippen LogP contribution in [0.5, 0.6) is 5.75 Å². The lowest BCUT2D eigenvalue weighted by molar-refractivity contribution is 0.112. The van der Waals surface area contributed by atoms with E-state index in [-0.39, 0.29) is 10.6 Å². The molecule has 0 bridgehead atoms. The lowest BCUT2D eigenvalue weighted by Gasteiger charge is -2.18. The number of benzene rings is 1. The van der Waals surface area contributed by atoms with E-state index in [1.54, 1.807) is 6.07 Å². The minimum Gasteiger partial charge on any atom is -0.493 e. The summed E-state index contributed by atoms with van der Waals surface area (Å²) < 4.78 is 5.73. The SMILES string of the molecule is CC(C)(C)CCOc1ccc2cc(C=O)c(Cl)nc2c1. The highest BCUT2D eigenvalue weighted by atomic mass is 35.5. The van der Waals surface area contributed by atoms with Gasteiger partial charge in [0.25, 0.3) is 0 Å². The van der Waals surface area contributed by atoms with Crippen LogP contribution in [0.4, 0.5) is 0 Å². The van der Waals surface area contributed by atoms with E-state index in [0.29, 0.717) is 18.5 Å². The van der Waals surface area contributed by atoms with Crippen molar-refractivity contribution in [2.24, 2.45) is 5.41 Å². The van der Waals surface area contributed by atoms with Crippen molar-refractivity contribution in [1.29, 1.82) is 0 Å². The molecule has 1 aromatic carbocycles. The van der Waals surface area contributed by atoms with Gasteiger partial charge in [-0.15, -0.1) is 0 Å². The quantitative estimate of drug-likeness (QED) is 0.614. The molecule has 20 heavy (non-hydrogen) atoms. The summed E-state index contributed by atoms with van der Waals surface area (Å²) in [7, 11) is 0. The summed E-state index contributed by atoms with van der Waals surface area (Å²) in [5.41, 5.74) is 1.38. The second kappa shape index (κ2) is 5.80. The number of hydrogen-bond donors (Lipinski definition) is 0. The van der Waals surface area contributed by atoms with Gasteiger partial charge < -0.3 is 4.74 Å². The number of carbonyl (C=O) groups excluding carboxylic acids is 1. The molecule has 0 aliphatic heterocycles. The van der Waals surface area contributed by atoms with Gasteiger partial charge in [0.2, 0.25) is 0 Å². The molecule has 0 aliphatic rings. The molecule has 4 heteroatoms. The minimum atomic E-state index is 0.222. The van der Waals surface area contributed by atoms with Gasteiger partial charge in [-0.1, -0.05) is 32.4 Å². The van der Waals surface area contributed by atoms with Crippen LogP contribution in [0.2, 0.25) is 5.15 Å². The Morgan fingerprint density at radius 1 is 1.30 bits per heavy atom. The topological polar surface area (TPSA) is 39.2 Å². The third-order valence-corrected chi connectivity index (χ3v) is 3.32. The summed E-state index contributed by atoms with van der Waals surface area (Å²) in [6.07, 6.45) is 1.69. The van der Waals surface area contributed by atoms with Crippen molar-refractivity contribution in [2.45, 2.75) is 27.2 Å². The van der Waals surface area contributed by atoms with E-state index in [1.807, 2.05) is 18.2 Å². The van der Waals surface area contributed by atoms with E-state index in [9.17, 15) is 4.79 Å². The highest BCUT2D eigenvalue weighted by Crippen LogP contribution is 2.24. The van der Waals surface area contributed by atoms with Crippen molar-refractivity contribution < 1.29 is 9.53 Å². The molecule has 0 atom stereocenters. The summed E-state index contributed by atoms with van der Waals surface area (Å²) in [5.74, 6) is 0.768. The Hall–Kier alpha value is -1.61. The lowest BCUT2D eigenvalue weighted by Crippen LogP contribution is -2.11. The molecular formula is C16H18ClNO2. The van der Waals surface area contributed by atoms with Crippen LogP contribution in [0, 0.1) is 5.41 Å². The molecule has 0 spiro atoms. The molecule has 2 rings (SSSR count). The Bertz CT molecular complexity index is 632. The number of fused-ring (bicyclic) bond motifs is 1. The molecule has 106 valence electrons. The smallest absolute Gasteiger partial charge is 0.153 e. The van der Waals surface area contributed by atoms with Crippen LogP contribution in [0.3, 0.4) is 0 Å². The Balaban J connectivity index is 2.19. The zero-order valence-corrected chi connectivity index (χ0v) is 12.7. The second-order valence-electron chi connectivity index (χ2n) is 6.00. The van der Waals surface area contributed by atoms with Gasteiger partial charge in [0.15, 0.2) is 6.29 Å². The molecule has 3 nitrogen and oxygen atoms in total. The van der Waals surface area contributed by atoms with Crippen LogP contribution in [0.25, 0.3) is 10.9 Å². The normalized spacial score (nSPS) is 11.6. The minimum absolute atomic E-state index is 0.222. The van der Waals surface area contributed by atoms with E-state index in [1.165, 1.54) is 0 Å². The molecule has 0 saturated carbocycles. The van der Waals surface area contributed by atoms with Crippen LogP contribution in [0.1, 0.15) is 37.6 Å². The van der Waals surface area contributed by atoms with E-state index >= 15 is 0 Å². The molecule has 1 heterocycles. The first kappa shape index (κ1) is 14.8. The molecule has 0 unspecified atom stereocenters. The Kier molecular flexibility index (Phi) is 4.29. The first-order valence-electron chi connectivity index (χ1n) is 6.57. The molecule has 1 aromatic heterocycles. The average molecular weight is 292 g/mol. The van der Waals surface area contributed by atoms with Crippen LogP contribution in [-0.4, -0.2) is 17.9 Å². The number of carbonyl (C=O) groups is 1. The maximum atomic E-state index is 10.8.